The van der Waals surface area contributed by atoms with Gasteiger partial charge in [0.2, 0.25) is 11.7 Å². The van der Waals surface area contributed by atoms with E-state index in [1.54, 1.807) is 4.90 Å². The minimum absolute atomic E-state index is 0.0227. The van der Waals surface area contributed by atoms with Gasteiger partial charge in [-0.15, -0.1) is 0 Å². The summed E-state index contributed by atoms with van der Waals surface area (Å²) in [4.78, 5) is 43.4. The lowest BCUT2D eigenvalue weighted by molar-refractivity contribution is -0.141. The van der Waals surface area contributed by atoms with Crippen LogP contribution in [0, 0.1) is 5.82 Å². The van der Waals surface area contributed by atoms with E-state index in [-0.39, 0.29) is 52.9 Å². The smallest absolute Gasteiger partial charge is 0.410 e. The molecule has 3 amide bonds. The van der Waals surface area contributed by atoms with Gasteiger partial charge in [-0.25, -0.2) is 14.2 Å². The third kappa shape index (κ3) is 5.88. The molecule has 208 valence electrons. The van der Waals surface area contributed by atoms with Crippen LogP contribution in [-0.4, -0.2) is 64.2 Å². The van der Waals surface area contributed by atoms with Crippen LogP contribution in [0.1, 0.15) is 62.9 Å². The molecule has 1 aromatic carbocycles. The van der Waals surface area contributed by atoms with Crippen molar-refractivity contribution in [1.82, 2.24) is 20.5 Å². The maximum atomic E-state index is 13.5. The third-order valence-corrected chi connectivity index (χ3v) is 7.19. The SMILES string of the molecule is CC(C)(C)OC(=O)N1CCC=C(c2ncc(C(=O)NC34CC(NC(=O)COc5ccc(Cl)c(F)c5)(C3)C4)o2)C1. The molecule has 10 nitrogen and oxygen atoms in total. The van der Waals surface area contributed by atoms with Crippen molar-refractivity contribution < 1.29 is 32.7 Å². The normalized spacial score (nSPS) is 23.6. The van der Waals surface area contributed by atoms with E-state index in [0.717, 1.165) is 6.07 Å². The van der Waals surface area contributed by atoms with Gasteiger partial charge < -0.3 is 29.4 Å². The zero-order valence-electron chi connectivity index (χ0n) is 21.9. The van der Waals surface area contributed by atoms with Crippen molar-refractivity contribution in [3.8, 4) is 5.75 Å². The first kappa shape index (κ1) is 27.0. The van der Waals surface area contributed by atoms with E-state index >= 15 is 0 Å². The lowest BCUT2D eigenvalue weighted by Gasteiger charge is -2.70. The van der Waals surface area contributed by atoms with E-state index in [9.17, 15) is 18.8 Å². The number of hydrogen-bond donors (Lipinski definition) is 2. The molecule has 2 aromatic rings. The zero-order valence-corrected chi connectivity index (χ0v) is 22.7. The summed E-state index contributed by atoms with van der Waals surface area (Å²) in [7, 11) is 0. The van der Waals surface area contributed by atoms with Crippen molar-refractivity contribution >= 4 is 35.1 Å². The summed E-state index contributed by atoms with van der Waals surface area (Å²) in [6, 6.07) is 3.97. The Hall–Kier alpha value is -3.60. The van der Waals surface area contributed by atoms with Crippen molar-refractivity contribution in [1.29, 1.82) is 0 Å². The van der Waals surface area contributed by atoms with Gasteiger partial charge in [-0.05, 0) is 58.6 Å². The molecule has 6 rings (SSSR count). The first-order chi connectivity index (χ1) is 18.3. The predicted molar refractivity (Wildman–Crippen MR) is 139 cm³/mol. The number of nitrogens with one attached hydrogen (secondary N) is 2. The highest BCUT2D eigenvalue weighted by Gasteiger charge is 2.69. The zero-order chi connectivity index (χ0) is 28.0. The summed E-state index contributed by atoms with van der Waals surface area (Å²) in [5.74, 6) is -0.764. The fraction of sp³-hybridized carbons (Fsp3) is 0.481. The highest BCUT2D eigenvalue weighted by molar-refractivity contribution is 6.30. The van der Waals surface area contributed by atoms with Crippen molar-refractivity contribution in [2.75, 3.05) is 19.7 Å². The van der Waals surface area contributed by atoms with E-state index in [4.69, 9.17) is 25.5 Å². The summed E-state index contributed by atoms with van der Waals surface area (Å²) < 4.78 is 30.1. The molecule has 3 aliphatic carbocycles. The van der Waals surface area contributed by atoms with E-state index in [0.29, 0.717) is 37.8 Å². The summed E-state index contributed by atoms with van der Waals surface area (Å²) in [6.07, 6.45) is 5.29. The van der Waals surface area contributed by atoms with Crippen molar-refractivity contribution in [3.05, 3.63) is 53.0 Å². The van der Waals surface area contributed by atoms with Crippen molar-refractivity contribution in [2.24, 2.45) is 0 Å². The Kier molecular flexibility index (Phi) is 6.82. The average molecular weight is 561 g/mol. The van der Waals surface area contributed by atoms with Crippen molar-refractivity contribution in [2.45, 2.75) is 63.1 Å². The molecule has 2 heterocycles. The monoisotopic (exact) mass is 560 g/mol. The maximum Gasteiger partial charge on any atom is 0.410 e. The molecule has 0 atom stereocenters. The molecule has 2 bridgehead atoms. The van der Waals surface area contributed by atoms with Crippen LogP contribution in [0.4, 0.5) is 9.18 Å². The van der Waals surface area contributed by atoms with Crippen LogP contribution in [0.2, 0.25) is 5.02 Å². The molecule has 1 aromatic heterocycles. The first-order valence-electron chi connectivity index (χ1n) is 12.7. The molecular weight excluding hydrogens is 531 g/mol. The summed E-state index contributed by atoms with van der Waals surface area (Å²) in [5.41, 5.74) is -0.679. The number of amides is 3. The molecular formula is C27H30ClFN4O6. The molecule has 4 aliphatic rings. The van der Waals surface area contributed by atoms with E-state index in [1.807, 2.05) is 26.8 Å². The number of carbonyl (C=O) groups is 3. The minimum Gasteiger partial charge on any atom is -0.484 e. The van der Waals surface area contributed by atoms with Gasteiger partial charge in [-0.1, -0.05) is 17.7 Å². The van der Waals surface area contributed by atoms with Crippen LogP contribution in [0.5, 0.6) is 5.75 Å². The fourth-order valence-corrected chi connectivity index (χ4v) is 5.43. The molecule has 0 radical (unpaired) electrons. The van der Waals surface area contributed by atoms with Crippen LogP contribution in [0.25, 0.3) is 5.57 Å². The Balaban J connectivity index is 1.09. The lowest BCUT2D eigenvalue weighted by atomic mass is 9.44. The first-order valence-corrected chi connectivity index (χ1v) is 13.1. The second-order valence-electron chi connectivity index (χ2n) is 11.4. The molecule has 0 saturated heterocycles. The summed E-state index contributed by atoms with van der Waals surface area (Å²) in [5, 5.41) is 5.92. The van der Waals surface area contributed by atoms with Gasteiger partial charge >= 0.3 is 6.09 Å². The van der Waals surface area contributed by atoms with Crippen molar-refractivity contribution in [3.63, 3.8) is 0 Å². The van der Waals surface area contributed by atoms with E-state index in [1.165, 1.54) is 18.3 Å². The van der Waals surface area contributed by atoms with E-state index in [2.05, 4.69) is 15.6 Å². The quantitative estimate of drug-likeness (QED) is 0.523. The standard InChI is InChI=1S/C27H30ClFN4O6/c1-25(2,3)39-24(36)33-8-4-5-16(11-33)23-30-10-20(38-23)22(35)32-27-13-26(14-27,15-27)31-21(34)12-37-17-6-7-18(28)19(29)9-17/h5-7,9-10H,4,8,11-15H2,1-3H3,(H,31,34)(H,32,35). The highest BCUT2D eigenvalue weighted by atomic mass is 35.5. The Morgan fingerprint density at radius 2 is 1.90 bits per heavy atom. The number of nitrogens with zero attached hydrogens (tertiary/aromatic N) is 2. The number of aromatic nitrogens is 1. The van der Waals surface area contributed by atoms with Gasteiger partial charge in [0, 0.05) is 29.3 Å². The maximum absolute atomic E-state index is 13.5. The van der Waals surface area contributed by atoms with Crippen LogP contribution in [0.15, 0.2) is 34.9 Å². The summed E-state index contributed by atoms with van der Waals surface area (Å²) >= 11 is 5.65. The molecule has 12 heteroatoms. The Bertz CT molecular complexity index is 1330. The molecule has 3 saturated carbocycles. The molecule has 0 unspecified atom stereocenters. The van der Waals surface area contributed by atoms with Gasteiger partial charge in [-0.3, -0.25) is 9.59 Å². The lowest BCUT2D eigenvalue weighted by Crippen LogP contribution is -2.84. The number of hydrogen-bond acceptors (Lipinski definition) is 7. The van der Waals surface area contributed by atoms with Gasteiger partial charge in [-0.2, -0.15) is 0 Å². The number of carbonyl (C=O) groups excluding carboxylic acids is 3. The number of ether oxygens (including phenoxy) is 2. The van der Waals surface area contributed by atoms with Gasteiger partial charge in [0.1, 0.15) is 17.2 Å². The molecule has 3 fully saturated rings. The largest absolute Gasteiger partial charge is 0.484 e. The number of benzene rings is 1. The number of halogens is 2. The molecule has 2 N–H and O–H groups in total. The Morgan fingerprint density at radius 3 is 2.59 bits per heavy atom. The van der Waals surface area contributed by atoms with E-state index < -0.39 is 23.1 Å². The number of rotatable bonds is 7. The highest BCUT2D eigenvalue weighted by Crippen LogP contribution is 2.60. The van der Waals surface area contributed by atoms with Crippen LogP contribution in [0.3, 0.4) is 0 Å². The van der Waals surface area contributed by atoms with Gasteiger partial charge in [0.15, 0.2) is 6.61 Å². The second kappa shape index (κ2) is 9.86. The topological polar surface area (TPSA) is 123 Å². The van der Waals surface area contributed by atoms with Gasteiger partial charge in [0.05, 0.1) is 17.8 Å². The fourth-order valence-electron chi connectivity index (χ4n) is 5.31. The minimum atomic E-state index is -0.621. The van der Waals surface area contributed by atoms with Crippen LogP contribution in [-0.2, 0) is 9.53 Å². The predicted octanol–water partition coefficient (Wildman–Crippen LogP) is 4.09. The molecule has 1 aliphatic heterocycles. The number of oxazole rings is 1. The average Bonchev–Trinajstić information content (AvgIpc) is 3.32. The Labute approximate surface area is 229 Å². The third-order valence-electron chi connectivity index (χ3n) is 6.88. The van der Waals surface area contributed by atoms with Gasteiger partial charge in [0.25, 0.3) is 11.8 Å². The van der Waals surface area contributed by atoms with Crippen LogP contribution < -0.4 is 15.4 Å². The Morgan fingerprint density at radius 1 is 1.18 bits per heavy atom. The second-order valence-corrected chi connectivity index (χ2v) is 11.8. The molecule has 0 spiro atoms. The molecule has 39 heavy (non-hydrogen) atoms. The summed E-state index contributed by atoms with van der Waals surface area (Å²) in [6.45, 7) is 5.98. The van der Waals surface area contributed by atoms with Crippen LogP contribution >= 0.6 is 11.6 Å².